The molecule has 5 rings (SSSR count). The topological polar surface area (TPSA) is 86.7 Å². The average Bonchev–Trinajstić information content (AvgIpc) is 3.37. The van der Waals surface area contributed by atoms with Gasteiger partial charge in [0.1, 0.15) is 12.6 Å². The zero-order valence-corrected chi connectivity index (χ0v) is 21.2. The van der Waals surface area contributed by atoms with Crippen LogP contribution in [-0.4, -0.2) is 42.0 Å². The van der Waals surface area contributed by atoms with Gasteiger partial charge in [0.05, 0.1) is 34.6 Å². The predicted octanol–water partition coefficient (Wildman–Crippen LogP) is 4.42. The lowest BCUT2D eigenvalue weighted by Crippen LogP contribution is -2.45. The molecule has 0 aliphatic heterocycles. The van der Waals surface area contributed by atoms with Crippen LogP contribution in [0.3, 0.4) is 0 Å². The largest absolute Gasteiger partial charge is 0.408 e. The van der Waals surface area contributed by atoms with Gasteiger partial charge in [-0.1, -0.05) is 18.2 Å². The lowest BCUT2D eigenvalue weighted by atomic mass is 10.0. The zero-order chi connectivity index (χ0) is 27.4. The van der Waals surface area contributed by atoms with Crippen molar-refractivity contribution in [3.8, 4) is 16.8 Å². The molecule has 1 unspecified atom stereocenters. The van der Waals surface area contributed by atoms with Crippen LogP contribution in [-0.2, 0) is 18.4 Å². The highest BCUT2D eigenvalue weighted by molar-refractivity contribution is 5.94. The number of carbonyl (C=O) groups is 1. The van der Waals surface area contributed by atoms with Gasteiger partial charge in [-0.05, 0) is 55.7 Å². The SMILES string of the molecule is Cc1cc(-c2cncc3c2cnn3C)ccc1-n1c(=O)n(CC(=O)NC(C)C(F)(F)F)c2cccc(C)c21. The molecule has 3 aromatic heterocycles. The third-order valence-corrected chi connectivity index (χ3v) is 6.75. The minimum atomic E-state index is -4.58. The van der Waals surface area contributed by atoms with Crippen molar-refractivity contribution in [1.82, 2.24) is 29.2 Å². The zero-order valence-electron chi connectivity index (χ0n) is 21.2. The van der Waals surface area contributed by atoms with E-state index in [1.54, 1.807) is 35.4 Å². The summed E-state index contributed by atoms with van der Waals surface area (Å²) in [5.41, 5.74) is 5.38. The average molecular weight is 523 g/mol. The van der Waals surface area contributed by atoms with E-state index in [1.165, 1.54) is 9.13 Å². The van der Waals surface area contributed by atoms with Crippen LogP contribution in [0.2, 0.25) is 0 Å². The number of hydrogen-bond acceptors (Lipinski definition) is 4. The molecule has 38 heavy (non-hydrogen) atoms. The number of aryl methyl sites for hydroxylation is 3. The molecule has 3 heterocycles. The van der Waals surface area contributed by atoms with Gasteiger partial charge in [-0.15, -0.1) is 0 Å². The Balaban J connectivity index is 1.60. The van der Waals surface area contributed by atoms with Gasteiger partial charge >= 0.3 is 11.9 Å². The molecule has 0 bridgehead atoms. The standard InChI is InChI=1S/C27H25F3N6O2/c1-15-6-5-7-22-25(15)36(26(38)35(22)14-24(37)33-17(3)27(28,29)30)21-9-8-18(10-16(21)2)19-11-31-13-23-20(19)12-32-34(23)4/h5-13,17H,14H2,1-4H3,(H,33,37). The fourth-order valence-electron chi connectivity index (χ4n) is 4.72. The molecular weight excluding hydrogens is 497 g/mol. The number of nitrogens with zero attached hydrogens (tertiary/aromatic N) is 5. The molecule has 0 saturated heterocycles. The first kappa shape index (κ1) is 25.2. The monoisotopic (exact) mass is 522 g/mol. The maximum absolute atomic E-state index is 13.6. The first-order chi connectivity index (χ1) is 18.0. The van der Waals surface area contributed by atoms with Crippen molar-refractivity contribution in [2.75, 3.05) is 0 Å². The van der Waals surface area contributed by atoms with Gasteiger partial charge in [-0.25, -0.2) is 4.79 Å². The fraction of sp³-hybridized carbons (Fsp3) is 0.259. The van der Waals surface area contributed by atoms with Crippen LogP contribution in [0.5, 0.6) is 0 Å². The minimum Gasteiger partial charge on any atom is -0.343 e. The number of pyridine rings is 1. The molecule has 1 N–H and O–H groups in total. The fourth-order valence-corrected chi connectivity index (χ4v) is 4.72. The quantitative estimate of drug-likeness (QED) is 0.370. The Labute approximate surface area is 215 Å². The van der Waals surface area contributed by atoms with Crippen molar-refractivity contribution < 1.29 is 18.0 Å². The number of alkyl halides is 3. The van der Waals surface area contributed by atoms with Crippen molar-refractivity contribution in [1.29, 1.82) is 0 Å². The van der Waals surface area contributed by atoms with Gasteiger partial charge in [-0.3, -0.25) is 23.6 Å². The van der Waals surface area contributed by atoms with Crippen LogP contribution < -0.4 is 11.0 Å². The molecule has 0 spiro atoms. The number of aromatic nitrogens is 5. The van der Waals surface area contributed by atoms with Crippen molar-refractivity contribution in [2.45, 2.75) is 39.5 Å². The Morgan fingerprint density at radius 2 is 1.82 bits per heavy atom. The van der Waals surface area contributed by atoms with E-state index in [4.69, 9.17) is 0 Å². The summed E-state index contributed by atoms with van der Waals surface area (Å²) in [4.78, 5) is 30.5. The summed E-state index contributed by atoms with van der Waals surface area (Å²) in [5, 5.41) is 7.19. The Hall–Kier alpha value is -4.41. The molecule has 2 aromatic carbocycles. The Morgan fingerprint density at radius 3 is 2.53 bits per heavy atom. The number of halogens is 3. The van der Waals surface area contributed by atoms with Gasteiger partial charge in [0.2, 0.25) is 5.91 Å². The van der Waals surface area contributed by atoms with Crippen LogP contribution in [0.4, 0.5) is 13.2 Å². The second-order valence-electron chi connectivity index (χ2n) is 9.37. The molecular formula is C27H25F3N6O2. The van der Waals surface area contributed by atoms with Crippen LogP contribution >= 0.6 is 0 Å². The first-order valence-corrected chi connectivity index (χ1v) is 11.9. The normalized spacial score (nSPS) is 12.8. The number of carbonyl (C=O) groups excluding carboxylic acids is 1. The van der Waals surface area contributed by atoms with Crippen molar-refractivity contribution >= 4 is 27.8 Å². The highest BCUT2D eigenvalue weighted by Crippen LogP contribution is 2.31. The van der Waals surface area contributed by atoms with E-state index in [0.29, 0.717) is 16.7 Å². The molecule has 0 aliphatic rings. The molecule has 0 saturated carbocycles. The lowest BCUT2D eigenvalue weighted by Gasteiger charge is -2.17. The van der Waals surface area contributed by atoms with Gasteiger partial charge in [0.25, 0.3) is 0 Å². The molecule has 1 atom stereocenters. The predicted molar refractivity (Wildman–Crippen MR) is 138 cm³/mol. The summed E-state index contributed by atoms with van der Waals surface area (Å²) >= 11 is 0. The number of hydrogen-bond donors (Lipinski definition) is 1. The molecule has 8 nitrogen and oxygen atoms in total. The summed E-state index contributed by atoms with van der Waals surface area (Å²) in [6, 6.07) is 8.89. The van der Waals surface area contributed by atoms with Gasteiger partial charge in [-0.2, -0.15) is 18.3 Å². The smallest absolute Gasteiger partial charge is 0.343 e. The third-order valence-electron chi connectivity index (χ3n) is 6.75. The van der Waals surface area contributed by atoms with Crippen molar-refractivity contribution in [2.24, 2.45) is 7.05 Å². The minimum absolute atomic E-state index is 0.456. The van der Waals surface area contributed by atoms with Crippen molar-refractivity contribution in [3.05, 3.63) is 76.6 Å². The summed E-state index contributed by atoms with van der Waals surface area (Å²) in [7, 11) is 1.84. The number of amides is 1. The van der Waals surface area contributed by atoms with E-state index >= 15 is 0 Å². The van der Waals surface area contributed by atoms with E-state index in [9.17, 15) is 22.8 Å². The summed E-state index contributed by atoms with van der Waals surface area (Å²) in [6.45, 7) is 4.03. The number of nitrogens with one attached hydrogen (secondary N) is 1. The van der Waals surface area contributed by atoms with E-state index < -0.39 is 30.4 Å². The van der Waals surface area contributed by atoms with Gasteiger partial charge < -0.3 is 5.32 Å². The Kier molecular flexibility index (Phi) is 6.09. The maximum Gasteiger partial charge on any atom is 0.408 e. The van der Waals surface area contributed by atoms with Crippen LogP contribution in [0.1, 0.15) is 18.1 Å². The Morgan fingerprint density at radius 1 is 1.05 bits per heavy atom. The maximum atomic E-state index is 13.6. The van der Waals surface area contributed by atoms with E-state index in [0.717, 1.165) is 40.1 Å². The number of rotatable bonds is 5. The lowest BCUT2D eigenvalue weighted by molar-refractivity contribution is -0.158. The number of imidazole rings is 1. The molecule has 1 amide bonds. The van der Waals surface area contributed by atoms with E-state index in [1.807, 2.05) is 50.5 Å². The number of fused-ring (bicyclic) bond motifs is 2. The molecule has 196 valence electrons. The van der Waals surface area contributed by atoms with Crippen molar-refractivity contribution in [3.63, 3.8) is 0 Å². The summed E-state index contributed by atoms with van der Waals surface area (Å²) < 4.78 is 43.3. The molecule has 0 fully saturated rings. The number of benzene rings is 2. The second kappa shape index (κ2) is 9.16. The molecule has 11 heteroatoms. The van der Waals surface area contributed by atoms with Gasteiger partial charge in [0.15, 0.2) is 0 Å². The Bertz CT molecular complexity index is 1760. The number of para-hydroxylation sites is 1. The van der Waals surface area contributed by atoms with Crippen LogP contribution in [0, 0.1) is 13.8 Å². The molecule has 0 radical (unpaired) electrons. The summed E-state index contributed by atoms with van der Waals surface area (Å²) in [5.74, 6) is -0.901. The van der Waals surface area contributed by atoms with Crippen LogP contribution in [0.25, 0.3) is 38.8 Å². The molecule has 0 aliphatic carbocycles. The third kappa shape index (κ3) is 4.23. The van der Waals surface area contributed by atoms with E-state index in [2.05, 4.69) is 10.1 Å². The van der Waals surface area contributed by atoms with E-state index in [-0.39, 0.29) is 0 Å². The molecule has 5 aromatic rings. The summed E-state index contributed by atoms with van der Waals surface area (Å²) in [6.07, 6.45) is 0.707. The second-order valence-corrected chi connectivity index (χ2v) is 9.37. The van der Waals surface area contributed by atoms with Crippen LogP contribution in [0.15, 0.2) is 59.8 Å². The van der Waals surface area contributed by atoms with Gasteiger partial charge in [0, 0.05) is 24.2 Å². The highest BCUT2D eigenvalue weighted by atomic mass is 19.4. The highest BCUT2D eigenvalue weighted by Gasteiger charge is 2.37. The first-order valence-electron chi connectivity index (χ1n) is 11.9.